The number of amides is 4. The second kappa shape index (κ2) is 10.1. The maximum atomic E-state index is 13.5. The van der Waals surface area contributed by atoms with Gasteiger partial charge < -0.3 is 15.0 Å². The van der Waals surface area contributed by atoms with Gasteiger partial charge in [-0.15, -0.1) is 11.3 Å². The van der Waals surface area contributed by atoms with Crippen molar-refractivity contribution in [1.29, 1.82) is 0 Å². The number of nitrogens with one attached hydrogen (secondary N) is 1. The van der Waals surface area contributed by atoms with Crippen LogP contribution in [0.3, 0.4) is 0 Å². The summed E-state index contributed by atoms with van der Waals surface area (Å²) in [5.41, 5.74) is 1.83. The molecule has 4 amide bonds. The molecule has 3 heterocycles. The zero-order chi connectivity index (χ0) is 24.3. The molecule has 2 unspecified atom stereocenters. The van der Waals surface area contributed by atoms with Crippen LogP contribution >= 0.6 is 11.3 Å². The number of nitrogens with zero attached hydrogens (tertiary/aromatic N) is 3. The number of hydrogen-bond acceptors (Lipinski definition) is 6. The van der Waals surface area contributed by atoms with Crippen molar-refractivity contribution >= 4 is 29.2 Å². The van der Waals surface area contributed by atoms with Gasteiger partial charge in [0.2, 0.25) is 0 Å². The van der Waals surface area contributed by atoms with Crippen LogP contribution in [0.15, 0.2) is 35.8 Å². The van der Waals surface area contributed by atoms with E-state index in [1.54, 1.807) is 28.7 Å². The number of ether oxygens (including phenoxy) is 1. The number of aromatic nitrogens is 1. The van der Waals surface area contributed by atoms with Crippen LogP contribution in [-0.4, -0.2) is 63.9 Å². The Kier molecular flexibility index (Phi) is 7.21. The summed E-state index contributed by atoms with van der Waals surface area (Å²) in [5, 5.41) is 3.03. The Morgan fingerprint density at radius 3 is 2.59 bits per heavy atom. The molecule has 1 N–H and O–H groups in total. The average molecular weight is 485 g/mol. The van der Waals surface area contributed by atoms with E-state index in [9.17, 15) is 14.4 Å². The second-order valence-electron chi connectivity index (χ2n) is 9.00. The Hall–Kier alpha value is -2.94. The summed E-state index contributed by atoms with van der Waals surface area (Å²) < 4.78 is 5.80. The molecule has 1 aromatic heterocycles. The minimum Gasteiger partial charge on any atom is -0.481 e. The van der Waals surface area contributed by atoms with Gasteiger partial charge in [-0.3, -0.25) is 14.5 Å². The highest BCUT2D eigenvalue weighted by Crippen LogP contribution is 2.36. The van der Waals surface area contributed by atoms with E-state index in [1.165, 1.54) is 4.90 Å². The number of benzene rings is 1. The second-order valence-corrected chi connectivity index (χ2v) is 9.93. The van der Waals surface area contributed by atoms with Crippen LogP contribution in [0.1, 0.15) is 43.7 Å². The van der Waals surface area contributed by atoms with Crippen LogP contribution < -0.4 is 10.1 Å². The molecule has 0 saturated carbocycles. The molecule has 2 atom stereocenters. The predicted octanol–water partition coefficient (Wildman–Crippen LogP) is 3.40. The van der Waals surface area contributed by atoms with Crippen molar-refractivity contribution in [3.63, 3.8) is 0 Å². The molecule has 2 aliphatic rings. The summed E-state index contributed by atoms with van der Waals surface area (Å²) in [6.07, 6.45) is 1.87. The predicted molar refractivity (Wildman–Crippen MR) is 130 cm³/mol. The maximum absolute atomic E-state index is 13.5. The number of para-hydroxylation sites is 1. The van der Waals surface area contributed by atoms with Crippen molar-refractivity contribution in [3.8, 4) is 5.75 Å². The number of hydrogen-bond donors (Lipinski definition) is 1. The minimum atomic E-state index is -0.902. The van der Waals surface area contributed by atoms with E-state index < -0.39 is 11.6 Å². The molecule has 34 heavy (non-hydrogen) atoms. The standard InChI is InChI=1S/C25H32N4O4S/c1-4-25(23(31)29(24(32)27-25)15-12-21-17(2)26-16-34-21)19-10-13-28(14-11-19)22(30)18(3)33-20-8-6-5-7-9-20/h5-9,16,18-19H,4,10-15H2,1-3H3,(H,27,32). The van der Waals surface area contributed by atoms with Crippen molar-refractivity contribution in [2.75, 3.05) is 19.6 Å². The summed E-state index contributed by atoms with van der Waals surface area (Å²) in [4.78, 5) is 47.7. The zero-order valence-corrected chi connectivity index (χ0v) is 20.8. The van der Waals surface area contributed by atoms with Crippen LogP contribution in [0.2, 0.25) is 0 Å². The fourth-order valence-electron chi connectivity index (χ4n) is 5.04. The van der Waals surface area contributed by atoms with Gasteiger partial charge >= 0.3 is 6.03 Å². The highest BCUT2D eigenvalue weighted by atomic mass is 32.1. The van der Waals surface area contributed by atoms with E-state index >= 15 is 0 Å². The summed E-state index contributed by atoms with van der Waals surface area (Å²) in [5.74, 6) is 0.443. The van der Waals surface area contributed by atoms with Crippen molar-refractivity contribution in [1.82, 2.24) is 20.1 Å². The van der Waals surface area contributed by atoms with Gasteiger partial charge in [-0.25, -0.2) is 9.78 Å². The fourth-order valence-corrected chi connectivity index (χ4v) is 5.81. The number of rotatable bonds is 8. The van der Waals surface area contributed by atoms with E-state index in [0.717, 1.165) is 10.6 Å². The van der Waals surface area contributed by atoms with Gasteiger partial charge in [-0.1, -0.05) is 25.1 Å². The topological polar surface area (TPSA) is 91.8 Å². The van der Waals surface area contributed by atoms with Gasteiger partial charge in [0.05, 0.1) is 11.2 Å². The number of carbonyl (C=O) groups is 3. The number of aryl methyl sites for hydroxylation is 1. The fraction of sp³-hybridized carbons (Fsp3) is 0.520. The van der Waals surface area contributed by atoms with E-state index in [0.29, 0.717) is 51.1 Å². The minimum absolute atomic E-state index is 0.0153. The first-order valence-corrected chi connectivity index (χ1v) is 12.8. The summed E-state index contributed by atoms with van der Waals surface area (Å²) in [6.45, 7) is 7.07. The largest absolute Gasteiger partial charge is 0.481 e. The van der Waals surface area contributed by atoms with Crippen LogP contribution in [0.25, 0.3) is 0 Å². The number of likely N-dealkylation sites (tertiary alicyclic amines) is 1. The molecular weight excluding hydrogens is 452 g/mol. The first-order chi connectivity index (χ1) is 16.4. The molecule has 4 rings (SSSR count). The normalized spacial score (nSPS) is 22.1. The smallest absolute Gasteiger partial charge is 0.325 e. The van der Waals surface area contributed by atoms with E-state index in [1.807, 2.05) is 44.2 Å². The van der Waals surface area contributed by atoms with Crippen LogP contribution in [0, 0.1) is 12.8 Å². The lowest BCUT2D eigenvalue weighted by atomic mass is 9.75. The van der Waals surface area contributed by atoms with E-state index in [4.69, 9.17) is 4.74 Å². The Morgan fingerprint density at radius 1 is 1.26 bits per heavy atom. The number of thiazole rings is 1. The molecule has 2 aliphatic heterocycles. The highest BCUT2D eigenvalue weighted by molar-refractivity contribution is 7.09. The van der Waals surface area contributed by atoms with Gasteiger partial charge in [0.1, 0.15) is 11.3 Å². The van der Waals surface area contributed by atoms with E-state index in [-0.39, 0.29) is 23.8 Å². The lowest BCUT2D eigenvalue weighted by molar-refractivity contribution is -0.140. The Morgan fingerprint density at radius 2 is 1.97 bits per heavy atom. The monoisotopic (exact) mass is 484 g/mol. The molecule has 0 aliphatic carbocycles. The lowest BCUT2D eigenvalue weighted by Crippen LogP contribution is -2.57. The molecule has 8 nitrogen and oxygen atoms in total. The van der Waals surface area contributed by atoms with Gasteiger partial charge in [-0.2, -0.15) is 0 Å². The lowest BCUT2D eigenvalue weighted by Gasteiger charge is -2.41. The van der Waals surface area contributed by atoms with E-state index in [2.05, 4.69) is 10.3 Å². The molecule has 182 valence electrons. The molecule has 0 spiro atoms. The van der Waals surface area contributed by atoms with Gasteiger partial charge in [0.25, 0.3) is 11.8 Å². The number of imide groups is 1. The van der Waals surface area contributed by atoms with Gasteiger partial charge in [-0.05, 0) is 51.2 Å². The molecular formula is C25H32N4O4S. The molecule has 2 saturated heterocycles. The molecule has 9 heteroatoms. The molecule has 0 bridgehead atoms. The Labute approximate surface area is 204 Å². The SMILES string of the molecule is CCC1(C2CCN(C(=O)C(C)Oc3ccccc3)CC2)NC(=O)N(CCc2scnc2C)C1=O. The quantitative estimate of drug-likeness (QED) is 0.580. The Balaban J connectivity index is 1.36. The number of piperidine rings is 1. The number of urea groups is 1. The summed E-state index contributed by atoms with van der Waals surface area (Å²) in [7, 11) is 0. The first-order valence-electron chi connectivity index (χ1n) is 11.9. The first kappa shape index (κ1) is 24.2. The average Bonchev–Trinajstić information content (AvgIpc) is 3.37. The van der Waals surface area contributed by atoms with Gasteiger partial charge in [0.15, 0.2) is 6.10 Å². The summed E-state index contributed by atoms with van der Waals surface area (Å²) >= 11 is 1.55. The maximum Gasteiger partial charge on any atom is 0.325 e. The van der Waals surface area contributed by atoms with Gasteiger partial charge in [0, 0.05) is 30.9 Å². The van der Waals surface area contributed by atoms with Crippen molar-refractivity contribution in [3.05, 3.63) is 46.4 Å². The number of carbonyl (C=O) groups excluding carboxylic acids is 3. The summed E-state index contributed by atoms with van der Waals surface area (Å²) in [6, 6.07) is 8.98. The highest BCUT2D eigenvalue weighted by Gasteiger charge is 2.54. The third-order valence-corrected chi connectivity index (χ3v) is 8.07. The van der Waals surface area contributed by atoms with Crippen LogP contribution in [-0.2, 0) is 16.0 Å². The van der Waals surface area contributed by atoms with Crippen molar-refractivity contribution in [2.24, 2.45) is 5.92 Å². The molecule has 2 aromatic rings. The molecule has 0 radical (unpaired) electrons. The Bertz CT molecular complexity index is 1030. The van der Waals surface area contributed by atoms with Crippen molar-refractivity contribution < 1.29 is 19.1 Å². The third-order valence-electron chi connectivity index (χ3n) is 7.07. The van der Waals surface area contributed by atoms with Crippen molar-refractivity contribution in [2.45, 2.75) is 58.1 Å². The van der Waals surface area contributed by atoms with Crippen LogP contribution in [0.5, 0.6) is 5.75 Å². The third kappa shape index (κ3) is 4.66. The van der Waals surface area contributed by atoms with Crippen LogP contribution in [0.4, 0.5) is 4.79 Å². The molecule has 1 aromatic carbocycles. The molecule has 2 fully saturated rings. The zero-order valence-electron chi connectivity index (χ0n) is 20.0.